The number of hydrogen-bond donors (Lipinski definition) is 2. The number of nitrogens with one attached hydrogen (secondary N) is 2. The Hall–Kier alpha value is -1.57. The second-order valence-corrected chi connectivity index (χ2v) is 5.09. The fourth-order valence-electron chi connectivity index (χ4n) is 2.17. The SMILES string of the molecule is CN=C(NCCc1ccncc1C)NCc1ccn(C)c1.I. The Kier molecular flexibility index (Phi) is 7.94. The van der Waals surface area contributed by atoms with E-state index in [2.05, 4.69) is 45.9 Å². The molecule has 0 amide bonds. The van der Waals surface area contributed by atoms with Crippen molar-refractivity contribution in [2.75, 3.05) is 13.6 Å². The molecular formula is C16H24IN5. The number of aryl methyl sites for hydroxylation is 2. The Morgan fingerprint density at radius 1 is 1.32 bits per heavy atom. The standard InChI is InChI=1S/C16H23N5.HI/c1-13-10-18-7-4-15(13)5-8-19-16(17-2)20-11-14-6-9-21(3)12-14;/h4,6-7,9-10,12H,5,8,11H2,1-3H3,(H2,17,19,20);1H. The van der Waals surface area contributed by atoms with Gasteiger partial charge >= 0.3 is 0 Å². The van der Waals surface area contributed by atoms with Crippen LogP contribution in [0.4, 0.5) is 0 Å². The lowest BCUT2D eigenvalue weighted by Crippen LogP contribution is -2.37. The second-order valence-electron chi connectivity index (χ2n) is 5.09. The third-order valence-electron chi connectivity index (χ3n) is 3.40. The van der Waals surface area contributed by atoms with Gasteiger partial charge in [0.2, 0.25) is 0 Å². The van der Waals surface area contributed by atoms with Crippen LogP contribution in [0.2, 0.25) is 0 Å². The first kappa shape index (κ1) is 18.5. The lowest BCUT2D eigenvalue weighted by molar-refractivity contribution is 0.790. The third-order valence-corrected chi connectivity index (χ3v) is 3.40. The van der Waals surface area contributed by atoms with Gasteiger partial charge in [-0.05, 0) is 42.2 Å². The van der Waals surface area contributed by atoms with E-state index < -0.39 is 0 Å². The zero-order valence-electron chi connectivity index (χ0n) is 13.3. The highest BCUT2D eigenvalue weighted by molar-refractivity contribution is 14.0. The van der Waals surface area contributed by atoms with Crippen molar-refractivity contribution in [2.24, 2.45) is 12.0 Å². The van der Waals surface area contributed by atoms with Crippen LogP contribution in [0.25, 0.3) is 0 Å². The van der Waals surface area contributed by atoms with Crippen LogP contribution in [-0.4, -0.2) is 29.1 Å². The molecule has 5 nitrogen and oxygen atoms in total. The molecule has 0 aliphatic heterocycles. The molecule has 0 aliphatic carbocycles. The van der Waals surface area contributed by atoms with E-state index >= 15 is 0 Å². The minimum atomic E-state index is 0. The van der Waals surface area contributed by atoms with Crippen molar-refractivity contribution >= 4 is 29.9 Å². The smallest absolute Gasteiger partial charge is 0.191 e. The molecule has 2 aromatic heterocycles. The van der Waals surface area contributed by atoms with Crippen LogP contribution in [-0.2, 0) is 20.0 Å². The summed E-state index contributed by atoms with van der Waals surface area (Å²) in [6.07, 6.45) is 8.84. The van der Waals surface area contributed by atoms with E-state index in [4.69, 9.17) is 0 Å². The second kappa shape index (κ2) is 9.45. The Morgan fingerprint density at radius 2 is 2.14 bits per heavy atom. The maximum atomic E-state index is 4.24. The Labute approximate surface area is 149 Å². The number of halogens is 1. The van der Waals surface area contributed by atoms with Crippen LogP contribution >= 0.6 is 24.0 Å². The molecule has 6 heteroatoms. The molecule has 2 rings (SSSR count). The minimum Gasteiger partial charge on any atom is -0.357 e. The number of nitrogens with zero attached hydrogens (tertiary/aromatic N) is 3. The first-order valence-electron chi connectivity index (χ1n) is 7.14. The van der Waals surface area contributed by atoms with Crippen molar-refractivity contribution < 1.29 is 0 Å². The average Bonchev–Trinajstić information content (AvgIpc) is 2.90. The lowest BCUT2D eigenvalue weighted by atomic mass is 10.1. The maximum Gasteiger partial charge on any atom is 0.191 e. The third kappa shape index (κ3) is 5.67. The number of hydrogen-bond acceptors (Lipinski definition) is 2. The Morgan fingerprint density at radius 3 is 2.77 bits per heavy atom. The predicted octanol–water partition coefficient (Wildman–Crippen LogP) is 2.25. The van der Waals surface area contributed by atoms with Gasteiger partial charge < -0.3 is 15.2 Å². The Bertz CT molecular complexity index is 606. The van der Waals surface area contributed by atoms with Crippen LogP contribution in [0, 0.1) is 6.92 Å². The van der Waals surface area contributed by atoms with E-state index in [-0.39, 0.29) is 24.0 Å². The van der Waals surface area contributed by atoms with Crippen molar-refractivity contribution in [1.82, 2.24) is 20.2 Å². The summed E-state index contributed by atoms with van der Waals surface area (Å²) in [4.78, 5) is 8.35. The summed E-state index contributed by atoms with van der Waals surface area (Å²) in [5.41, 5.74) is 3.79. The number of rotatable bonds is 5. The zero-order chi connectivity index (χ0) is 15.1. The topological polar surface area (TPSA) is 54.2 Å². The van der Waals surface area contributed by atoms with Crippen molar-refractivity contribution in [3.05, 3.63) is 53.6 Å². The predicted molar refractivity (Wildman–Crippen MR) is 102 cm³/mol. The van der Waals surface area contributed by atoms with E-state index in [1.165, 1.54) is 16.7 Å². The largest absolute Gasteiger partial charge is 0.357 e. The summed E-state index contributed by atoms with van der Waals surface area (Å²) in [6, 6.07) is 4.16. The van der Waals surface area contributed by atoms with Gasteiger partial charge in [-0.25, -0.2) is 0 Å². The molecule has 0 fully saturated rings. The molecular weight excluding hydrogens is 389 g/mol. The quantitative estimate of drug-likeness (QED) is 0.449. The van der Waals surface area contributed by atoms with Gasteiger partial charge in [-0.3, -0.25) is 9.98 Å². The number of pyridine rings is 1. The van der Waals surface area contributed by atoms with Crippen molar-refractivity contribution in [3.8, 4) is 0 Å². The molecule has 120 valence electrons. The van der Waals surface area contributed by atoms with Crippen LogP contribution in [0.3, 0.4) is 0 Å². The summed E-state index contributed by atoms with van der Waals surface area (Å²) in [5.74, 6) is 0.825. The molecule has 22 heavy (non-hydrogen) atoms. The van der Waals surface area contributed by atoms with Gasteiger partial charge in [0.25, 0.3) is 0 Å². The molecule has 0 atom stereocenters. The van der Waals surface area contributed by atoms with Gasteiger partial charge in [-0.2, -0.15) is 0 Å². The van der Waals surface area contributed by atoms with Gasteiger partial charge in [-0.1, -0.05) is 0 Å². The molecule has 0 saturated heterocycles. The normalized spacial score (nSPS) is 11.0. The van der Waals surface area contributed by atoms with Crippen molar-refractivity contribution in [2.45, 2.75) is 19.9 Å². The van der Waals surface area contributed by atoms with E-state index in [0.717, 1.165) is 25.5 Å². The number of aliphatic imine (C=N–C) groups is 1. The zero-order valence-corrected chi connectivity index (χ0v) is 15.7. The molecule has 0 aliphatic rings. The Balaban J connectivity index is 0.00000242. The van der Waals surface area contributed by atoms with Gasteiger partial charge in [0.1, 0.15) is 0 Å². The van der Waals surface area contributed by atoms with Gasteiger partial charge in [-0.15, -0.1) is 24.0 Å². The van der Waals surface area contributed by atoms with Gasteiger partial charge in [0.15, 0.2) is 5.96 Å². The van der Waals surface area contributed by atoms with E-state index in [1.807, 2.05) is 30.2 Å². The fourth-order valence-corrected chi connectivity index (χ4v) is 2.17. The number of guanidine groups is 1. The molecule has 2 N–H and O–H groups in total. The minimum absolute atomic E-state index is 0. The van der Waals surface area contributed by atoms with E-state index in [1.54, 1.807) is 7.05 Å². The van der Waals surface area contributed by atoms with E-state index in [9.17, 15) is 0 Å². The molecule has 0 spiro atoms. The first-order chi connectivity index (χ1) is 10.2. The lowest BCUT2D eigenvalue weighted by Gasteiger charge is -2.12. The highest BCUT2D eigenvalue weighted by Gasteiger charge is 2.01. The highest BCUT2D eigenvalue weighted by atomic mass is 127. The molecule has 0 bridgehead atoms. The molecule has 0 aromatic carbocycles. The van der Waals surface area contributed by atoms with Crippen LogP contribution in [0.1, 0.15) is 16.7 Å². The van der Waals surface area contributed by atoms with Crippen LogP contribution < -0.4 is 10.6 Å². The van der Waals surface area contributed by atoms with E-state index in [0.29, 0.717) is 0 Å². The highest BCUT2D eigenvalue weighted by Crippen LogP contribution is 2.04. The summed E-state index contributed by atoms with van der Waals surface area (Å²) in [5, 5.41) is 6.65. The van der Waals surface area contributed by atoms with Gasteiger partial charge in [0.05, 0.1) is 0 Å². The summed E-state index contributed by atoms with van der Waals surface area (Å²) in [6.45, 7) is 3.71. The first-order valence-corrected chi connectivity index (χ1v) is 7.14. The summed E-state index contributed by atoms with van der Waals surface area (Å²) < 4.78 is 2.04. The van der Waals surface area contributed by atoms with Crippen molar-refractivity contribution in [1.29, 1.82) is 0 Å². The van der Waals surface area contributed by atoms with Crippen molar-refractivity contribution in [3.63, 3.8) is 0 Å². The molecule has 0 unspecified atom stereocenters. The van der Waals surface area contributed by atoms with Crippen LogP contribution in [0.15, 0.2) is 41.9 Å². The van der Waals surface area contributed by atoms with Crippen LogP contribution in [0.5, 0.6) is 0 Å². The van der Waals surface area contributed by atoms with Gasteiger partial charge in [0, 0.05) is 52.0 Å². The average molecular weight is 413 g/mol. The summed E-state index contributed by atoms with van der Waals surface area (Å²) >= 11 is 0. The fraction of sp³-hybridized carbons (Fsp3) is 0.375. The maximum absolute atomic E-state index is 4.24. The molecule has 2 heterocycles. The number of aromatic nitrogens is 2. The molecule has 0 saturated carbocycles. The molecule has 0 radical (unpaired) electrons. The summed E-state index contributed by atoms with van der Waals surface area (Å²) in [7, 11) is 3.81. The monoisotopic (exact) mass is 413 g/mol. The molecule has 2 aromatic rings.